The summed E-state index contributed by atoms with van der Waals surface area (Å²) in [6.45, 7) is 10.2. The molecular formula is C21H31NO6. The highest BCUT2D eigenvalue weighted by atomic mass is 16.8. The maximum Gasteiger partial charge on any atom is 0.516 e. The number of esters is 2. The van der Waals surface area contributed by atoms with Gasteiger partial charge in [-0.3, -0.25) is 10.5 Å². The third kappa shape index (κ3) is 8.08. The van der Waals surface area contributed by atoms with Crippen molar-refractivity contribution in [3.63, 3.8) is 0 Å². The van der Waals surface area contributed by atoms with Crippen molar-refractivity contribution in [2.45, 2.75) is 65.7 Å². The van der Waals surface area contributed by atoms with Crippen molar-refractivity contribution in [1.29, 1.82) is 0 Å². The normalized spacial score (nSPS) is 14.7. The van der Waals surface area contributed by atoms with E-state index in [0.29, 0.717) is 6.42 Å². The van der Waals surface area contributed by atoms with E-state index in [0.717, 1.165) is 5.56 Å². The van der Waals surface area contributed by atoms with E-state index in [1.54, 1.807) is 27.7 Å². The van der Waals surface area contributed by atoms with Crippen LogP contribution in [-0.4, -0.2) is 29.4 Å². The molecule has 0 aromatic heterocycles. The van der Waals surface area contributed by atoms with Crippen molar-refractivity contribution >= 4 is 18.1 Å². The van der Waals surface area contributed by atoms with E-state index >= 15 is 0 Å². The molecule has 0 aliphatic heterocycles. The highest BCUT2D eigenvalue weighted by Gasteiger charge is 2.43. The fourth-order valence-electron chi connectivity index (χ4n) is 2.54. The van der Waals surface area contributed by atoms with Gasteiger partial charge in [-0.25, -0.2) is 9.59 Å². The van der Waals surface area contributed by atoms with Crippen LogP contribution >= 0.6 is 0 Å². The highest BCUT2D eigenvalue weighted by molar-refractivity contribution is 5.89. The van der Waals surface area contributed by atoms with Gasteiger partial charge < -0.3 is 14.2 Å². The average molecular weight is 393 g/mol. The number of hydrogen-bond acceptors (Lipinski definition) is 7. The average Bonchev–Trinajstić information content (AvgIpc) is 2.52. The molecule has 0 aliphatic rings. The van der Waals surface area contributed by atoms with Crippen LogP contribution in [0.25, 0.3) is 0 Å². The van der Waals surface area contributed by atoms with Gasteiger partial charge in [0.25, 0.3) is 5.72 Å². The van der Waals surface area contributed by atoms with Crippen LogP contribution in [-0.2, 0) is 30.2 Å². The molecule has 28 heavy (non-hydrogen) atoms. The van der Waals surface area contributed by atoms with Crippen LogP contribution < -0.4 is 5.73 Å². The van der Waals surface area contributed by atoms with E-state index < -0.39 is 35.3 Å². The summed E-state index contributed by atoms with van der Waals surface area (Å²) in [5.41, 5.74) is 4.10. The van der Waals surface area contributed by atoms with Crippen molar-refractivity contribution in [2.24, 2.45) is 17.6 Å². The first kappa shape index (κ1) is 23.6. The zero-order valence-corrected chi connectivity index (χ0v) is 17.5. The molecule has 1 aromatic carbocycles. The number of carbonyl (C=O) groups excluding carboxylic acids is 3. The lowest BCUT2D eigenvalue weighted by Crippen LogP contribution is -2.55. The third-order valence-electron chi connectivity index (χ3n) is 3.69. The van der Waals surface area contributed by atoms with E-state index in [2.05, 4.69) is 4.74 Å². The molecule has 0 amide bonds. The Kier molecular flexibility index (Phi) is 8.17. The van der Waals surface area contributed by atoms with E-state index in [-0.39, 0.29) is 12.3 Å². The maximum absolute atomic E-state index is 12.5. The quantitative estimate of drug-likeness (QED) is 0.429. The van der Waals surface area contributed by atoms with Gasteiger partial charge in [0, 0.05) is 6.42 Å². The predicted molar refractivity (Wildman–Crippen MR) is 104 cm³/mol. The molecule has 7 heteroatoms. The minimum Gasteiger partial charge on any atom is -0.432 e. The van der Waals surface area contributed by atoms with Gasteiger partial charge in [-0.15, -0.1) is 0 Å². The summed E-state index contributed by atoms with van der Waals surface area (Å²) in [5.74, 6) is -2.43. The minimum atomic E-state index is -2.08. The SMILES string of the molecule is CC(C)CC(N)(OC(=O)[C@H](C)Cc1ccccc1)C(=O)OC(=O)OC(C)(C)C. The van der Waals surface area contributed by atoms with Crippen LogP contribution in [0.5, 0.6) is 0 Å². The van der Waals surface area contributed by atoms with Gasteiger partial charge in [-0.1, -0.05) is 51.1 Å². The minimum absolute atomic E-state index is 0.00156. The largest absolute Gasteiger partial charge is 0.516 e. The Morgan fingerprint density at radius 1 is 1.00 bits per heavy atom. The number of carbonyl (C=O) groups is 3. The third-order valence-corrected chi connectivity index (χ3v) is 3.69. The van der Waals surface area contributed by atoms with Crippen LogP contribution in [0.1, 0.15) is 53.5 Å². The zero-order valence-electron chi connectivity index (χ0n) is 17.5. The van der Waals surface area contributed by atoms with E-state index in [1.807, 2.05) is 44.2 Å². The molecule has 0 saturated carbocycles. The van der Waals surface area contributed by atoms with Crippen molar-refractivity contribution in [2.75, 3.05) is 0 Å². The van der Waals surface area contributed by atoms with Crippen LogP contribution in [0, 0.1) is 11.8 Å². The molecule has 7 nitrogen and oxygen atoms in total. The summed E-state index contributed by atoms with van der Waals surface area (Å²) in [6, 6.07) is 9.41. The van der Waals surface area contributed by atoms with Gasteiger partial charge in [0.2, 0.25) is 0 Å². The second-order valence-corrected chi connectivity index (χ2v) is 8.35. The number of rotatable bonds is 7. The summed E-state index contributed by atoms with van der Waals surface area (Å²) in [6.07, 6.45) is -0.763. The molecule has 2 N–H and O–H groups in total. The van der Waals surface area contributed by atoms with Crippen molar-refractivity contribution in [1.82, 2.24) is 0 Å². The van der Waals surface area contributed by atoms with Gasteiger partial charge in [-0.05, 0) is 38.7 Å². The Labute approximate surface area is 166 Å². The summed E-state index contributed by atoms with van der Waals surface area (Å²) in [5, 5.41) is 0. The topological polar surface area (TPSA) is 105 Å². The summed E-state index contributed by atoms with van der Waals surface area (Å²) < 4.78 is 15.0. The van der Waals surface area contributed by atoms with Gasteiger partial charge >= 0.3 is 18.1 Å². The van der Waals surface area contributed by atoms with E-state index in [9.17, 15) is 14.4 Å². The molecule has 0 fully saturated rings. The molecule has 0 bridgehead atoms. The molecule has 0 heterocycles. The second-order valence-electron chi connectivity index (χ2n) is 8.35. The lowest BCUT2D eigenvalue weighted by molar-refractivity contribution is -0.185. The van der Waals surface area contributed by atoms with Gasteiger partial charge in [-0.2, -0.15) is 0 Å². The monoisotopic (exact) mass is 393 g/mol. The Morgan fingerprint density at radius 2 is 1.57 bits per heavy atom. The van der Waals surface area contributed by atoms with E-state index in [4.69, 9.17) is 15.2 Å². The molecule has 1 unspecified atom stereocenters. The number of ether oxygens (including phenoxy) is 3. The molecule has 1 aromatic rings. The predicted octanol–water partition coefficient (Wildman–Crippen LogP) is 3.59. The molecule has 0 saturated heterocycles. The molecular weight excluding hydrogens is 362 g/mol. The highest BCUT2D eigenvalue weighted by Crippen LogP contribution is 2.22. The first-order valence-electron chi connectivity index (χ1n) is 9.33. The fraction of sp³-hybridized carbons (Fsp3) is 0.571. The van der Waals surface area contributed by atoms with Crippen LogP contribution in [0.4, 0.5) is 4.79 Å². The van der Waals surface area contributed by atoms with Gasteiger partial charge in [0.15, 0.2) is 0 Å². The van der Waals surface area contributed by atoms with Crippen molar-refractivity contribution in [3.05, 3.63) is 35.9 Å². The molecule has 1 rings (SSSR count). The van der Waals surface area contributed by atoms with Crippen LogP contribution in [0.2, 0.25) is 0 Å². The number of hydrogen-bond donors (Lipinski definition) is 1. The molecule has 156 valence electrons. The molecule has 0 radical (unpaired) electrons. The number of benzene rings is 1. The van der Waals surface area contributed by atoms with Crippen molar-refractivity contribution < 1.29 is 28.6 Å². The summed E-state index contributed by atoms with van der Waals surface area (Å²) >= 11 is 0. The van der Waals surface area contributed by atoms with Crippen LogP contribution in [0.15, 0.2) is 30.3 Å². The number of nitrogens with two attached hydrogens (primary N) is 1. The standard InChI is InChI=1S/C21H31NO6/c1-14(2)13-21(22,18(24)26-19(25)28-20(4,5)6)27-17(23)15(3)12-16-10-8-7-9-11-16/h7-11,14-15H,12-13,22H2,1-6H3/t15-,21?/m1/s1. The van der Waals surface area contributed by atoms with Crippen molar-refractivity contribution in [3.8, 4) is 0 Å². The molecule has 0 spiro atoms. The Balaban J connectivity index is 2.85. The maximum atomic E-state index is 12.5. The first-order chi connectivity index (χ1) is 12.8. The fourth-order valence-corrected chi connectivity index (χ4v) is 2.54. The van der Waals surface area contributed by atoms with Gasteiger partial charge in [0.1, 0.15) is 5.60 Å². The Morgan fingerprint density at radius 3 is 2.07 bits per heavy atom. The second kappa shape index (κ2) is 9.68. The first-order valence-corrected chi connectivity index (χ1v) is 9.33. The summed E-state index contributed by atoms with van der Waals surface area (Å²) in [4.78, 5) is 36.8. The van der Waals surface area contributed by atoms with E-state index in [1.165, 1.54) is 0 Å². The molecule has 2 atom stereocenters. The van der Waals surface area contributed by atoms with Crippen LogP contribution in [0.3, 0.4) is 0 Å². The zero-order chi connectivity index (χ0) is 21.5. The Bertz CT molecular complexity index is 680. The molecule has 0 aliphatic carbocycles. The smallest absolute Gasteiger partial charge is 0.432 e. The summed E-state index contributed by atoms with van der Waals surface area (Å²) in [7, 11) is 0. The van der Waals surface area contributed by atoms with Gasteiger partial charge in [0.05, 0.1) is 5.92 Å². The lowest BCUT2D eigenvalue weighted by atomic mass is 9.99. The lowest BCUT2D eigenvalue weighted by Gasteiger charge is -2.29. The Hall–Kier alpha value is -2.41.